The number of benzene rings is 1. The van der Waals surface area contributed by atoms with Gasteiger partial charge in [0.25, 0.3) is 0 Å². The van der Waals surface area contributed by atoms with Crippen LogP contribution in [0.5, 0.6) is 11.5 Å². The molecule has 0 fully saturated rings. The molecule has 0 aromatic heterocycles. The minimum Gasteiger partial charge on any atom is -0.493 e. The van der Waals surface area contributed by atoms with Crippen molar-refractivity contribution in [2.45, 2.75) is 52.4 Å². The van der Waals surface area contributed by atoms with Crippen molar-refractivity contribution >= 4 is 11.9 Å². The molecule has 0 bridgehead atoms. The lowest BCUT2D eigenvalue weighted by Gasteiger charge is -2.11. The predicted octanol–water partition coefficient (Wildman–Crippen LogP) is 4.93. The molecule has 0 unspecified atom stereocenters. The third kappa shape index (κ3) is 6.87. The van der Waals surface area contributed by atoms with Crippen LogP contribution in [0.25, 0.3) is 6.08 Å². The second kappa shape index (κ2) is 11.3. The Morgan fingerprint density at radius 1 is 1.17 bits per heavy atom. The number of hydrogen-bond acceptors (Lipinski definition) is 4. The Labute approximate surface area is 145 Å². The molecule has 0 aliphatic heterocycles. The van der Waals surface area contributed by atoms with Crippen molar-refractivity contribution in [1.29, 1.82) is 5.26 Å². The van der Waals surface area contributed by atoms with Gasteiger partial charge in [0.15, 0.2) is 17.3 Å². The highest BCUT2D eigenvalue weighted by molar-refractivity contribution is 6.01. The number of ketones is 1. The van der Waals surface area contributed by atoms with Crippen molar-refractivity contribution in [3.8, 4) is 17.6 Å². The number of rotatable bonds is 11. The SMILES string of the molecule is CCCCCCCCOc1ccc(C=C(C#N)C(C)=O)cc1OC. The fourth-order valence-corrected chi connectivity index (χ4v) is 2.34. The van der Waals surface area contributed by atoms with Crippen LogP contribution in [0.1, 0.15) is 57.9 Å². The van der Waals surface area contributed by atoms with E-state index < -0.39 is 0 Å². The van der Waals surface area contributed by atoms with Crippen molar-refractivity contribution in [2.24, 2.45) is 0 Å². The number of nitrogens with zero attached hydrogens (tertiary/aromatic N) is 1. The van der Waals surface area contributed by atoms with Gasteiger partial charge in [-0.3, -0.25) is 4.79 Å². The Bertz CT molecular complexity index is 599. The van der Waals surface area contributed by atoms with Crippen LogP contribution in [-0.4, -0.2) is 19.5 Å². The Balaban J connectivity index is 2.61. The molecule has 4 nitrogen and oxygen atoms in total. The Morgan fingerprint density at radius 3 is 2.50 bits per heavy atom. The maximum Gasteiger partial charge on any atom is 0.170 e. The summed E-state index contributed by atoms with van der Waals surface area (Å²) in [5.41, 5.74) is 0.864. The maximum absolute atomic E-state index is 11.3. The van der Waals surface area contributed by atoms with Crippen molar-refractivity contribution in [3.63, 3.8) is 0 Å². The molecule has 0 saturated heterocycles. The minimum atomic E-state index is -0.250. The molecule has 0 amide bonds. The van der Waals surface area contributed by atoms with E-state index in [4.69, 9.17) is 14.7 Å². The summed E-state index contributed by atoms with van der Waals surface area (Å²) in [7, 11) is 1.58. The first-order chi connectivity index (χ1) is 11.6. The van der Waals surface area contributed by atoms with E-state index in [1.807, 2.05) is 18.2 Å². The van der Waals surface area contributed by atoms with Crippen LogP contribution in [0.4, 0.5) is 0 Å². The van der Waals surface area contributed by atoms with E-state index >= 15 is 0 Å². The van der Waals surface area contributed by atoms with Crippen LogP contribution >= 0.6 is 0 Å². The Morgan fingerprint density at radius 2 is 1.88 bits per heavy atom. The van der Waals surface area contributed by atoms with E-state index in [2.05, 4.69) is 6.92 Å². The molecule has 130 valence electrons. The average molecular weight is 329 g/mol. The number of nitriles is 1. The molecular weight excluding hydrogens is 302 g/mol. The van der Waals surface area contributed by atoms with Gasteiger partial charge < -0.3 is 9.47 Å². The zero-order chi connectivity index (χ0) is 17.8. The number of Topliss-reactive ketones (excluding diaryl/α,β-unsaturated/α-hetero) is 1. The molecule has 1 aromatic carbocycles. The maximum atomic E-state index is 11.3. The Kier molecular flexibility index (Phi) is 9.29. The second-order valence-electron chi connectivity index (χ2n) is 5.75. The monoisotopic (exact) mass is 329 g/mol. The second-order valence-corrected chi connectivity index (χ2v) is 5.75. The summed E-state index contributed by atoms with van der Waals surface area (Å²) in [6.07, 6.45) is 8.85. The number of carbonyl (C=O) groups is 1. The standard InChI is InChI=1S/C20H27NO3/c1-4-5-6-7-8-9-12-24-19-11-10-17(14-20(19)23-3)13-18(15-21)16(2)22/h10-11,13-14H,4-9,12H2,1-3H3. The number of allylic oxidation sites excluding steroid dienone is 1. The quantitative estimate of drug-likeness (QED) is 0.328. The van der Waals surface area contributed by atoms with E-state index in [9.17, 15) is 4.79 Å². The van der Waals surface area contributed by atoms with Crippen LogP contribution < -0.4 is 9.47 Å². The first kappa shape index (κ1) is 19.8. The molecule has 0 spiro atoms. The van der Waals surface area contributed by atoms with E-state index in [-0.39, 0.29) is 11.4 Å². The van der Waals surface area contributed by atoms with Gasteiger partial charge in [0.1, 0.15) is 6.07 Å². The van der Waals surface area contributed by atoms with Crippen LogP contribution in [-0.2, 0) is 4.79 Å². The predicted molar refractivity (Wildman–Crippen MR) is 96.1 cm³/mol. The molecule has 0 radical (unpaired) electrons. The van der Waals surface area contributed by atoms with Gasteiger partial charge in [0.05, 0.1) is 19.3 Å². The lowest BCUT2D eigenvalue weighted by molar-refractivity contribution is -0.113. The average Bonchev–Trinajstić information content (AvgIpc) is 2.59. The van der Waals surface area contributed by atoms with Crippen LogP contribution in [0.15, 0.2) is 23.8 Å². The normalized spacial score (nSPS) is 11.0. The van der Waals surface area contributed by atoms with E-state index in [1.54, 1.807) is 19.3 Å². The molecule has 1 rings (SSSR count). The largest absolute Gasteiger partial charge is 0.493 e. The fourth-order valence-electron chi connectivity index (χ4n) is 2.34. The molecule has 0 heterocycles. The van der Waals surface area contributed by atoms with Gasteiger partial charge in [-0.1, -0.05) is 45.1 Å². The number of methoxy groups -OCH3 is 1. The zero-order valence-corrected chi connectivity index (χ0v) is 14.9. The highest BCUT2D eigenvalue weighted by Gasteiger charge is 2.07. The first-order valence-electron chi connectivity index (χ1n) is 8.56. The molecule has 4 heteroatoms. The van der Waals surface area contributed by atoms with Crippen LogP contribution in [0, 0.1) is 11.3 Å². The zero-order valence-electron chi connectivity index (χ0n) is 14.9. The van der Waals surface area contributed by atoms with Gasteiger partial charge in [-0.15, -0.1) is 0 Å². The fraction of sp³-hybridized carbons (Fsp3) is 0.500. The van der Waals surface area contributed by atoms with Gasteiger partial charge in [-0.05, 0) is 37.1 Å². The van der Waals surface area contributed by atoms with Crippen LogP contribution in [0.2, 0.25) is 0 Å². The molecule has 0 N–H and O–H groups in total. The van der Waals surface area contributed by atoms with Crippen molar-refractivity contribution < 1.29 is 14.3 Å². The Hall–Kier alpha value is -2.28. The van der Waals surface area contributed by atoms with Gasteiger partial charge in [-0.25, -0.2) is 0 Å². The van der Waals surface area contributed by atoms with Crippen molar-refractivity contribution in [1.82, 2.24) is 0 Å². The minimum absolute atomic E-state index is 0.123. The van der Waals surface area contributed by atoms with Crippen molar-refractivity contribution in [2.75, 3.05) is 13.7 Å². The van der Waals surface area contributed by atoms with E-state index in [1.165, 1.54) is 39.0 Å². The summed E-state index contributed by atoms with van der Waals surface area (Å²) in [5, 5.41) is 8.96. The van der Waals surface area contributed by atoms with Crippen molar-refractivity contribution in [3.05, 3.63) is 29.3 Å². The lowest BCUT2D eigenvalue weighted by atomic mass is 10.1. The highest BCUT2D eigenvalue weighted by atomic mass is 16.5. The summed E-state index contributed by atoms with van der Waals surface area (Å²) in [5.74, 6) is 1.04. The molecule has 0 saturated carbocycles. The van der Waals surface area contributed by atoms with E-state index in [0.717, 1.165) is 12.0 Å². The summed E-state index contributed by atoms with van der Waals surface area (Å²) in [6, 6.07) is 7.31. The summed E-state index contributed by atoms with van der Waals surface area (Å²) < 4.78 is 11.1. The van der Waals surface area contributed by atoms with Gasteiger partial charge in [-0.2, -0.15) is 5.26 Å². The lowest BCUT2D eigenvalue weighted by Crippen LogP contribution is -2.00. The van der Waals surface area contributed by atoms with E-state index in [0.29, 0.717) is 18.1 Å². The summed E-state index contributed by atoms with van der Waals surface area (Å²) >= 11 is 0. The third-order valence-electron chi connectivity index (χ3n) is 3.75. The number of unbranched alkanes of at least 4 members (excludes halogenated alkanes) is 5. The molecular formula is C20H27NO3. The summed E-state index contributed by atoms with van der Waals surface area (Å²) in [6.45, 7) is 4.25. The highest BCUT2D eigenvalue weighted by Crippen LogP contribution is 2.29. The number of hydrogen-bond donors (Lipinski definition) is 0. The van der Waals surface area contributed by atoms with Gasteiger partial charge in [0, 0.05) is 0 Å². The number of carbonyl (C=O) groups excluding carboxylic acids is 1. The third-order valence-corrected chi connectivity index (χ3v) is 3.75. The molecule has 0 atom stereocenters. The smallest absolute Gasteiger partial charge is 0.170 e. The summed E-state index contributed by atoms with van der Waals surface area (Å²) in [4.78, 5) is 11.3. The number of ether oxygens (including phenoxy) is 2. The molecule has 0 aliphatic rings. The topological polar surface area (TPSA) is 59.3 Å². The van der Waals surface area contributed by atoms with Crippen LogP contribution in [0.3, 0.4) is 0 Å². The van der Waals surface area contributed by atoms with Gasteiger partial charge >= 0.3 is 0 Å². The first-order valence-corrected chi connectivity index (χ1v) is 8.56. The molecule has 1 aromatic rings. The molecule has 24 heavy (non-hydrogen) atoms. The molecule has 0 aliphatic carbocycles. The van der Waals surface area contributed by atoms with Gasteiger partial charge in [0.2, 0.25) is 0 Å².